The second-order valence-electron chi connectivity index (χ2n) is 6.58. The Labute approximate surface area is 153 Å². The maximum Gasteiger partial charge on any atom is 0.255 e. The number of hydrogen-bond acceptors (Lipinski definition) is 2. The van der Waals surface area contributed by atoms with Gasteiger partial charge in [-0.1, -0.05) is 24.3 Å². The van der Waals surface area contributed by atoms with Crippen molar-refractivity contribution in [2.45, 2.75) is 25.7 Å². The number of para-hydroxylation sites is 1. The van der Waals surface area contributed by atoms with E-state index in [0.29, 0.717) is 0 Å². The van der Waals surface area contributed by atoms with Crippen LogP contribution >= 0.6 is 0 Å². The molecule has 3 nitrogen and oxygen atoms in total. The molecule has 1 aliphatic rings. The minimum absolute atomic E-state index is 0.0740. The van der Waals surface area contributed by atoms with Crippen molar-refractivity contribution in [3.63, 3.8) is 0 Å². The normalized spacial score (nSPS) is 12.9. The number of carbonyl (C=O) groups excluding carboxylic acids is 1. The Morgan fingerprint density at radius 3 is 2.23 bits per heavy atom. The van der Waals surface area contributed by atoms with Gasteiger partial charge < -0.3 is 10.1 Å². The molecule has 0 heterocycles. The molecule has 0 fully saturated rings. The van der Waals surface area contributed by atoms with E-state index in [1.807, 2.05) is 66.7 Å². The third kappa shape index (κ3) is 3.77. The average Bonchev–Trinajstić information content (AvgIpc) is 2.70. The molecule has 4 rings (SSSR count). The molecule has 0 bridgehead atoms. The first kappa shape index (κ1) is 16.4. The van der Waals surface area contributed by atoms with Gasteiger partial charge in [0.25, 0.3) is 5.91 Å². The average molecular weight is 343 g/mol. The van der Waals surface area contributed by atoms with E-state index in [2.05, 4.69) is 11.4 Å². The lowest BCUT2D eigenvalue weighted by atomic mass is 9.90. The molecule has 3 heteroatoms. The second kappa shape index (κ2) is 7.44. The van der Waals surface area contributed by atoms with Gasteiger partial charge in [-0.25, -0.2) is 0 Å². The monoisotopic (exact) mass is 343 g/mol. The Kier molecular flexibility index (Phi) is 4.69. The van der Waals surface area contributed by atoms with Crippen LogP contribution in [0.3, 0.4) is 0 Å². The number of nitrogens with one attached hydrogen (secondary N) is 1. The highest BCUT2D eigenvalue weighted by Gasteiger charge is 2.13. The summed E-state index contributed by atoms with van der Waals surface area (Å²) in [5.41, 5.74) is 4.18. The first-order valence-corrected chi connectivity index (χ1v) is 9.04. The zero-order chi connectivity index (χ0) is 17.8. The van der Waals surface area contributed by atoms with Crippen molar-refractivity contribution in [3.8, 4) is 11.5 Å². The molecule has 0 aromatic heterocycles. The first-order valence-electron chi connectivity index (χ1n) is 9.04. The fourth-order valence-electron chi connectivity index (χ4n) is 3.31. The van der Waals surface area contributed by atoms with Gasteiger partial charge in [0.05, 0.1) is 0 Å². The zero-order valence-corrected chi connectivity index (χ0v) is 14.6. The number of rotatable bonds is 4. The van der Waals surface area contributed by atoms with Crippen LogP contribution in [0.15, 0.2) is 72.8 Å². The van der Waals surface area contributed by atoms with Crippen molar-refractivity contribution in [3.05, 3.63) is 89.5 Å². The number of benzene rings is 3. The summed E-state index contributed by atoms with van der Waals surface area (Å²) in [7, 11) is 0. The van der Waals surface area contributed by atoms with Crippen LogP contribution in [-0.2, 0) is 12.8 Å². The maximum absolute atomic E-state index is 12.5. The van der Waals surface area contributed by atoms with E-state index >= 15 is 0 Å². The predicted molar refractivity (Wildman–Crippen MR) is 104 cm³/mol. The van der Waals surface area contributed by atoms with Crippen LogP contribution in [0.1, 0.15) is 34.3 Å². The summed E-state index contributed by atoms with van der Waals surface area (Å²) in [4.78, 5) is 12.5. The Morgan fingerprint density at radius 2 is 1.46 bits per heavy atom. The Balaban J connectivity index is 1.43. The molecule has 0 radical (unpaired) electrons. The summed E-state index contributed by atoms with van der Waals surface area (Å²) in [5.74, 6) is 1.46. The number of aryl methyl sites for hydroxylation is 2. The topological polar surface area (TPSA) is 38.3 Å². The van der Waals surface area contributed by atoms with E-state index < -0.39 is 0 Å². The maximum atomic E-state index is 12.5. The van der Waals surface area contributed by atoms with Crippen LogP contribution in [0.25, 0.3) is 0 Å². The van der Waals surface area contributed by atoms with E-state index in [0.717, 1.165) is 35.6 Å². The molecule has 1 N–H and O–H groups in total. The summed E-state index contributed by atoms with van der Waals surface area (Å²) >= 11 is 0. The highest BCUT2D eigenvalue weighted by atomic mass is 16.5. The number of fused-ring (bicyclic) bond motifs is 1. The van der Waals surface area contributed by atoms with Gasteiger partial charge in [0.15, 0.2) is 0 Å². The molecule has 3 aromatic rings. The number of anilines is 1. The van der Waals surface area contributed by atoms with E-state index in [1.54, 1.807) is 0 Å². The Morgan fingerprint density at radius 1 is 0.769 bits per heavy atom. The Hall–Kier alpha value is -3.07. The fourth-order valence-corrected chi connectivity index (χ4v) is 3.31. The summed E-state index contributed by atoms with van der Waals surface area (Å²) in [6.45, 7) is 0. The van der Waals surface area contributed by atoms with Gasteiger partial charge in [0, 0.05) is 11.3 Å². The summed E-state index contributed by atoms with van der Waals surface area (Å²) in [6, 6.07) is 23.1. The van der Waals surface area contributed by atoms with Crippen molar-refractivity contribution in [1.29, 1.82) is 0 Å². The molecule has 0 unspecified atom stereocenters. The number of hydrogen-bond donors (Lipinski definition) is 1. The third-order valence-corrected chi connectivity index (χ3v) is 4.70. The van der Waals surface area contributed by atoms with E-state index in [1.165, 1.54) is 24.0 Å². The van der Waals surface area contributed by atoms with E-state index in [-0.39, 0.29) is 5.91 Å². The molecule has 0 atom stereocenters. The van der Waals surface area contributed by atoms with Gasteiger partial charge in [-0.3, -0.25) is 4.79 Å². The molecule has 3 aromatic carbocycles. The molecule has 0 aliphatic heterocycles. The SMILES string of the molecule is O=C(Nc1ccc(Oc2ccccc2)cc1)c1ccc2c(c1)CCCC2. The van der Waals surface area contributed by atoms with Crippen LogP contribution < -0.4 is 10.1 Å². The van der Waals surface area contributed by atoms with Crippen LogP contribution in [0.2, 0.25) is 0 Å². The van der Waals surface area contributed by atoms with Crippen molar-refractivity contribution < 1.29 is 9.53 Å². The van der Waals surface area contributed by atoms with Crippen LogP contribution in [-0.4, -0.2) is 5.91 Å². The highest BCUT2D eigenvalue weighted by molar-refractivity contribution is 6.04. The zero-order valence-electron chi connectivity index (χ0n) is 14.6. The fraction of sp³-hybridized carbons (Fsp3) is 0.174. The first-order chi connectivity index (χ1) is 12.8. The lowest BCUT2D eigenvalue weighted by Gasteiger charge is -2.16. The summed E-state index contributed by atoms with van der Waals surface area (Å²) < 4.78 is 5.77. The molecule has 1 aliphatic carbocycles. The lowest BCUT2D eigenvalue weighted by molar-refractivity contribution is 0.102. The summed E-state index contributed by atoms with van der Waals surface area (Å²) in [5, 5.41) is 2.96. The standard InChI is InChI=1S/C23H21NO2/c25-23(19-11-10-17-6-4-5-7-18(17)16-19)24-20-12-14-22(15-13-20)26-21-8-2-1-3-9-21/h1-3,8-16H,4-7H2,(H,24,25). The number of amides is 1. The van der Waals surface area contributed by atoms with Gasteiger partial charge in [0.1, 0.15) is 11.5 Å². The summed E-state index contributed by atoms with van der Waals surface area (Å²) in [6.07, 6.45) is 4.65. The van der Waals surface area contributed by atoms with Crippen molar-refractivity contribution in [2.75, 3.05) is 5.32 Å². The van der Waals surface area contributed by atoms with Gasteiger partial charge >= 0.3 is 0 Å². The predicted octanol–water partition coefficient (Wildman–Crippen LogP) is 5.61. The van der Waals surface area contributed by atoms with Crippen molar-refractivity contribution in [2.24, 2.45) is 0 Å². The number of carbonyl (C=O) groups is 1. The van der Waals surface area contributed by atoms with Crippen LogP contribution in [0, 0.1) is 0 Å². The van der Waals surface area contributed by atoms with Gasteiger partial charge in [0.2, 0.25) is 0 Å². The molecule has 130 valence electrons. The minimum Gasteiger partial charge on any atom is -0.457 e. The second-order valence-corrected chi connectivity index (χ2v) is 6.58. The van der Waals surface area contributed by atoms with Gasteiger partial charge in [-0.15, -0.1) is 0 Å². The lowest BCUT2D eigenvalue weighted by Crippen LogP contribution is -2.13. The molecular weight excluding hydrogens is 322 g/mol. The molecule has 0 saturated carbocycles. The van der Waals surface area contributed by atoms with E-state index in [4.69, 9.17) is 4.74 Å². The van der Waals surface area contributed by atoms with Gasteiger partial charge in [-0.2, -0.15) is 0 Å². The molecule has 0 saturated heterocycles. The quantitative estimate of drug-likeness (QED) is 0.668. The van der Waals surface area contributed by atoms with Crippen LogP contribution in [0.5, 0.6) is 11.5 Å². The van der Waals surface area contributed by atoms with E-state index in [9.17, 15) is 4.79 Å². The molecular formula is C23H21NO2. The van der Waals surface area contributed by atoms with Crippen LogP contribution in [0.4, 0.5) is 5.69 Å². The highest BCUT2D eigenvalue weighted by Crippen LogP contribution is 2.24. The Bertz CT molecular complexity index is 901. The number of ether oxygens (including phenoxy) is 1. The third-order valence-electron chi connectivity index (χ3n) is 4.70. The minimum atomic E-state index is -0.0740. The van der Waals surface area contributed by atoms with Gasteiger partial charge in [-0.05, 0) is 85.3 Å². The smallest absolute Gasteiger partial charge is 0.255 e. The molecule has 26 heavy (non-hydrogen) atoms. The molecule has 0 spiro atoms. The molecule has 1 amide bonds. The van der Waals surface area contributed by atoms with Crippen molar-refractivity contribution >= 4 is 11.6 Å². The van der Waals surface area contributed by atoms with Crippen molar-refractivity contribution in [1.82, 2.24) is 0 Å². The largest absolute Gasteiger partial charge is 0.457 e.